The Balaban J connectivity index is 2.64. The second-order valence-corrected chi connectivity index (χ2v) is 4.90. The van der Waals surface area contributed by atoms with E-state index in [4.69, 9.17) is 9.84 Å². The summed E-state index contributed by atoms with van der Waals surface area (Å²) in [6, 6.07) is 3.74. The van der Waals surface area contributed by atoms with Crippen LogP contribution < -0.4 is 0 Å². The van der Waals surface area contributed by atoms with E-state index in [1.54, 1.807) is 0 Å². The van der Waals surface area contributed by atoms with Crippen LogP contribution >= 0.6 is 0 Å². The normalized spacial score (nSPS) is 12.7. The number of halogens is 1. The highest BCUT2D eigenvalue weighted by atomic mass is 19.1. The third-order valence-electron chi connectivity index (χ3n) is 2.54. The van der Waals surface area contributed by atoms with E-state index in [1.807, 2.05) is 6.92 Å². The van der Waals surface area contributed by atoms with Gasteiger partial charge in [-0.1, -0.05) is 13.8 Å². The fourth-order valence-corrected chi connectivity index (χ4v) is 1.83. The summed E-state index contributed by atoms with van der Waals surface area (Å²) in [5.74, 6) is -1.15. The number of ether oxygens (including phenoxy) is 1. The average molecular weight is 254 g/mol. The summed E-state index contributed by atoms with van der Waals surface area (Å²) in [5, 5.41) is 8.82. The molecule has 1 rings (SSSR count). The standard InChI is InChI=1S/C14H19FO3/c1-9(2)4-10(3)18-8-11-5-12(14(16)17)7-13(15)6-11/h5-7,9-10H,4,8H2,1-3H3,(H,16,17). The highest BCUT2D eigenvalue weighted by Gasteiger charge is 2.09. The quantitative estimate of drug-likeness (QED) is 0.845. The van der Waals surface area contributed by atoms with Gasteiger partial charge in [0.25, 0.3) is 0 Å². The van der Waals surface area contributed by atoms with Crippen molar-refractivity contribution in [2.24, 2.45) is 5.92 Å². The molecule has 0 heterocycles. The first kappa shape index (κ1) is 14.6. The first-order chi connectivity index (χ1) is 8.38. The van der Waals surface area contributed by atoms with Crippen LogP contribution in [0.4, 0.5) is 4.39 Å². The van der Waals surface area contributed by atoms with Gasteiger partial charge in [0.15, 0.2) is 0 Å². The average Bonchev–Trinajstić information content (AvgIpc) is 2.24. The minimum atomic E-state index is -1.13. The minimum Gasteiger partial charge on any atom is -0.478 e. The molecule has 0 aliphatic rings. The minimum absolute atomic E-state index is 0.0508. The number of hydrogen-bond donors (Lipinski definition) is 1. The van der Waals surface area contributed by atoms with E-state index in [9.17, 15) is 9.18 Å². The van der Waals surface area contributed by atoms with Crippen molar-refractivity contribution in [3.05, 3.63) is 35.1 Å². The zero-order chi connectivity index (χ0) is 13.7. The van der Waals surface area contributed by atoms with E-state index in [0.717, 1.165) is 12.5 Å². The Kier molecular flexibility index (Phi) is 5.28. The molecule has 1 N–H and O–H groups in total. The predicted octanol–water partition coefficient (Wildman–Crippen LogP) is 3.48. The molecular weight excluding hydrogens is 235 g/mol. The maximum absolute atomic E-state index is 13.2. The Morgan fingerprint density at radius 2 is 2.00 bits per heavy atom. The lowest BCUT2D eigenvalue weighted by molar-refractivity contribution is 0.0395. The van der Waals surface area contributed by atoms with Crippen LogP contribution in [0.2, 0.25) is 0 Å². The van der Waals surface area contributed by atoms with Gasteiger partial charge in [0.2, 0.25) is 0 Å². The lowest BCUT2D eigenvalue weighted by Crippen LogP contribution is -2.11. The molecule has 1 unspecified atom stereocenters. The summed E-state index contributed by atoms with van der Waals surface area (Å²) in [6.07, 6.45) is 0.989. The maximum atomic E-state index is 13.2. The van der Waals surface area contributed by atoms with Gasteiger partial charge in [-0.15, -0.1) is 0 Å². The summed E-state index contributed by atoms with van der Waals surface area (Å²) in [7, 11) is 0. The van der Waals surface area contributed by atoms with Gasteiger partial charge in [-0.25, -0.2) is 9.18 Å². The van der Waals surface area contributed by atoms with E-state index >= 15 is 0 Å². The molecule has 1 aromatic rings. The number of carboxylic acid groups (broad SMARTS) is 1. The molecule has 0 bridgehead atoms. The van der Waals surface area contributed by atoms with Crippen molar-refractivity contribution < 1.29 is 19.0 Å². The lowest BCUT2D eigenvalue weighted by Gasteiger charge is -2.15. The summed E-state index contributed by atoms with van der Waals surface area (Å²) >= 11 is 0. The van der Waals surface area contributed by atoms with E-state index in [-0.39, 0.29) is 18.3 Å². The Morgan fingerprint density at radius 3 is 2.56 bits per heavy atom. The van der Waals surface area contributed by atoms with Gasteiger partial charge in [-0.2, -0.15) is 0 Å². The van der Waals surface area contributed by atoms with Crippen molar-refractivity contribution in [3.63, 3.8) is 0 Å². The largest absolute Gasteiger partial charge is 0.478 e. The first-order valence-corrected chi connectivity index (χ1v) is 6.03. The number of carboxylic acids is 1. The number of aromatic carboxylic acids is 1. The monoisotopic (exact) mass is 254 g/mol. The van der Waals surface area contributed by atoms with Crippen LogP contribution in [-0.2, 0) is 11.3 Å². The van der Waals surface area contributed by atoms with Crippen LogP contribution in [0, 0.1) is 11.7 Å². The summed E-state index contributed by atoms with van der Waals surface area (Å²) < 4.78 is 18.8. The van der Waals surface area contributed by atoms with Crippen molar-refractivity contribution >= 4 is 5.97 Å². The summed E-state index contributed by atoms with van der Waals surface area (Å²) in [4.78, 5) is 10.8. The highest BCUT2D eigenvalue weighted by molar-refractivity contribution is 5.87. The van der Waals surface area contributed by atoms with E-state index in [1.165, 1.54) is 12.1 Å². The van der Waals surface area contributed by atoms with Crippen LogP contribution in [-0.4, -0.2) is 17.2 Å². The molecule has 0 radical (unpaired) electrons. The molecule has 1 aromatic carbocycles. The summed E-state index contributed by atoms with van der Waals surface area (Å²) in [6.45, 7) is 6.39. The molecule has 100 valence electrons. The van der Waals surface area contributed by atoms with Crippen molar-refractivity contribution in [3.8, 4) is 0 Å². The Bertz CT molecular complexity index is 416. The van der Waals surface area contributed by atoms with Crippen LogP contribution in [0.3, 0.4) is 0 Å². The molecule has 3 nitrogen and oxygen atoms in total. The van der Waals surface area contributed by atoms with Gasteiger partial charge < -0.3 is 9.84 Å². The summed E-state index contributed by atoms with van der Waals surface area (Å²) in [5.41, 5.74) is 0.494. The zero-order valence-corrected chi connectivity index (χ0v) is 10.9. The predicted molar refractivity (Wildman–Crippen MR) is 67.1 cm³/mol. The molecule has 1 atom stereocenters. The Labute approximate surface area is 107 Å². The molecule has 0 aliphatic carbocycles. The Hall–Kier alpha value is -1.42. The highest BCUT2D eigenvalue weighted by Crippen LogP contribution is 2.14. The zero-order valence-electron chi connectivity index (χ0n) is 10.9. The fourth-order valence-electron chi connectivity index (χ4n) is 1.83. The van der Waals surface area contributed by atoms with Gasteiger partial charge in [0, 0.05) is 0 Å². The van der Waals surface area contributed by atoms with Crippen LogP contribution in [0.5, 0.6) is 0 Å². The van der Waals surface area contributed by atoms with Crippen LogP contribution in [0.1, 0.15) is 43.1 Å². The first-order valence-electron chi connectivity index (χ1n) is 6.03. The third-order valence-corrected chi connectivity index (χ3v) is 2.54. The van der Waals surface area contributed by atoms with E-state index in [2.05, 4.69) is 13.8 Å². The molecule has 0 saturated heterocycles. The molecule has 0 aromatic heterocycles. The van der Waals surface area contributed by atoms with Crippen molar-refractivity contribution in [1.82, 2.24) is 0 Å². The van der Waals surface area contributed by atoms with E-state index < -0.39 is 11.8 Å². The lowest BCUT2D eigenvalue weighted by atomic mass is 10.1. The molecule has 0 spiro atoms. The fraction of sp³-hybridized carbons (Fsp3) is 0.500. The maximum Gasteiger partial charge on any atom is 0.335 e. The topological polar surface area (TPSA) is 46.5 Å². The molecule has 4 heteroatoms. The number of hydrogen-bond acceptors (Lipinski definition) is 2. The van der Waals surface area contributed by atoms with Crippen molar-refractivity contribution in [2.45, 2.75) is 39.9 Å². The molecule has 0 fully saturated rings. The third kappa shape index (κ3) is 4.84. The molecule has 18 heavy (non-hydrogen) atoms. The number of rotatable bonds is 6. The van der Waals surface area contributed by atoms with Crippen molar-refractivity contribution in [1.29, 1.82) is 0 Å². The van der Waals surface area contributed by atoms with Crippen LogP contribution in [0.15, 0.2) is 18.2 Å². The molecular formula is C14H19FO3. The smallest absolute Gasteiger partial charge is 0.335 e. The molecule has 0 saturated carbocycles. The number of benzene rings is 1. The van der Waals surface area contributed by atoms with Gasteiger partial charge in [0.05, 0.1) is 18.3 Å². The SMILES string of the molecule is CC(C)CC(C)OCc1cc(F)cc(C(=O)O)c1. The number of carbonyl (C=O) groups is 1. The van der Waals surface area contributed by atoms with Crippen molar-refractivity contribution in [2.75, 3.05) is 0 Å². The van der Waals surface area contributed by atoms with Gasteiger partial charge in [-0.3, -0.25) is 0 Å². The second-order valence-electron chi connectivity index (χ2n) is 4.90. The van der Waals surface area contributed by atoms with Gasteiger partial charge in [-0.05, 0) is 43.0 Å². The Morgan fingerprint density at radius 1 is 1.33 bits per heavy atom. The van der Waals surface area contributed by atoms with Gasteiger partial charge in [0.1, 0.15) is 5.82 Å². The van der Waals surface area contributed by atoms with Crippen LogP contribution in [0.25, 0.3) is 0 Å². The second kappa shape index (κ2) is 6.50. The molecule has 0 aliphatic heterocycles. The van der Waals surface area contributed by atoms with E-state index in [0.29, 0.717) is 11.5 Å². The van der Waals surface area contributed by atoms with Gasteiger partial charge >= 0.3 is 5.97 Å². The molecule has 0 amide bonds.